The molecule has 2 N–H and O–H groups in total. The summed E-state index contributed by atoms with van der Waals surface area (Å²) < 4.78 is 27.6. The van der Waals surface area contributed by atoms with Crippen LogP contribution in [0.15, 0.2) is 83.8 Å². The van der Waals surface area contributed by atoms with Gasteiger partial charge >= 0.3 is 0 Å². The van der Waals surface area contributed by atoms with Crippen LogP contribution in [0.1, 0.15) is 30.9 Å². The molecule has 3 rings (SSSR count). The smallest absolute Gasteiger partial charge is 0.261 e. The summed E-state index contributed by atoms with van der Waals surface area (Å²) in [5.41, 5.74) is 2.85. The van der Waals surface area contributed by atoms with Crippen molar-refractivity contribution >= 4 is 45.0 Å². The molecule has 160 valence electrons. The van der Waals surface area contributed by atoms with Crippen LogP contribution in [-0.2, 0) is 14.8 Å². The summed E-state index contributed by atoms with van der Waals surface area (Å²) in [7, 11) is -3.78. The van der Waals surface area contributed by atoms with Crippen LogP contribution in [-0.4, -0.2) is 14.3 Å². The molecular weight excluding hydrogens is 432 g/mol. The fourth-order valence-corrected chi connectivity index (χ4v) is 4.29. The van der Waals surface area contributed by atoms with Crippen molar-refractivity contribution in [3.05, 3.63) is 95.0 Å². The Labute approximate surface area is 187 Å². The Hall–Kier alpha value is -3.09. The number of hydrogen-bond acceptors (Lipinski definition) is 3. The van der Waals surface area contributed by atoms with Gasteiger partial charge in [0.25, 0.3) is 10.0 Å². The molecule has 5 nitrogen and oxygen atoms in total. The van der Waals surface area contributed by atoms with E-state index >= 15 is 0 Å². The number of para-hydroxylation sites is 2. The van der Waals surface area contributed by atoms with Crippen LogP contribution in [0.4, 0.5) is 11.4 Å². The van der Waals surface area contributed by atoms with Crippen molar-refractivity contribution < 1.29 is 13.2 Å². The first-order valence-corrected chi connectivity index (χ1v) is 11.6. The highest BCUT2D eigenvalue weighted by atomic mass is 35.5. The van der Waals surface area contributed by atoms with E-state index < -0.39 is 10.0 Å². The number of hydrogen-bond donors (Lipinski definition) is 2. The number of carbonyl (C=O) groups is 1. The maximum absolute atomic E-state index is 12.6. The second-order valence-electron chi connectivity index (χ2n) is 7.22. The van der Waals surface area contributed by atoms with Gasteiger partial charge in [-0.25, -0.2) is 8.42 Å². The lowest BCUT2D eigenvalue weighted by molar-refractivity contribution is -0.111. The maximum Gasteiger partial charge on any atom is 0.261 e. The highest BCUT2D eigenvalue weighted by molar-refractivity contribution is 7.92. The third-order valence-electron chi connectivity index (χ3n) is 4.58. The Balaban J connectivity index is 1.68. The molecule has 0 radical (unpaired) electrons. The van der Waals surface area contributed by atoms with E-state index in [4.69, 9.17) is 11.6 Å². The second kappa shape index (κ2) is 9.81. The van der Waals surface area contributed by atoms with Gasteiger partial charge in [0.1, 0.15) is 0 Å². The van der Waals surface area contributed by atoms with E-state index in [1.165, 1.54) is 18.2 Å². The van der Waals surface area contributed by atoms with Gasteiger partial charge in [0.2, 0.25) is 5.91 Å². The Morgan fingerprint density at radius 2 is 1.52 bits per heavy atom. The quantitative estimate of drug-likeness (QED) is 0.435. The number of benzene rings is 3. The number of sulfonamides is 1. The molecule has 7 heteroatoms. The standard InChI is InChI=1S/C24H23ClN2O3S/c1-17(2)20-7-3-5-9-22(20)26-24(28)16-13-18-11-14-19(15-12-18)31(29,30)27-23-10-6-4-8-21(23)25/h3-17,27H,1-2H3,(H,26,28)/b16-13+. The van der Waals surface area contributed by atoms with Crippen molar-refractivity contribution in [1.29, 1.82) is 0 Å². The van der Waals surface area contributed by atoms with Crippen molar-refractivity contribution in [1.82, 2.24) is 0 Å². The lowest BCUT2D eigenvalue weighted by Crippen LogP contribution is -2.13. The molecule has 0 aliphatic rings. The summed E-state index contributed by atoms with van der Waals surface area (Å²) in [6, 6.07) is 20.5. The number of anilines is 2. The number of halogens is 1. The summed E-state index contributed by atoms with van der Waals surface area (Å²) in [4.78, 5) is 12.4. The largest absolute Gasteiger partial charge is 0.322 e. The van der Waals surface area contributed by atoms with Crippen LogP contribution >= 0.6 is 11.6 Å². The molecule has 3 aromatic rings. The van der Waals surface area contributed by atoms with Gasteiger partial charge in [-0.05, 0) is 53.5 Å². The molecule has 0 aromatic heterocycles. The normalized spacial score (nSPS) is 11.6. The number of nitrogens with one attached hydrogen (secondary N) is 2. The molecule has 0 saturated heterocycles. The van der Waals surface area contributed by atoms with Crippen LogP contribution in [0.2, 0.25) is 5.02 Å². The molecule has 0 aliphatic heterocycles. The minimum atomic E-state index is -3.78. The van der Waals surface area contributed by atoms with E-state index in [-0.39, 0.29) is 16.7 Å². The SMILES string of the molecule is CC(C)c1ccccc1NC(=O)/C=C/c1ccc(S(=O)(=O)Nc2ccccc2Cl)cc1. The minimum Gasteiger partial charge on any atom is -0.322 e. The zero-order chi connectivity index (χ0) is 22.4. The van der Waals surface area contributed by atoms with E-state index in [0.29, 0.717) is 16.3 Å². The third-order valence-corrected chi connectivity index (χ3v) is 6.29. The lowest BCUT2D eigenvalue weighted by Gasteiger charge is -2.12. The van der Waals surface area contributed by atoms with Gasteiger partial charge in [-0.1, -0.05) is 67.9 Å². The van der Waals surface area contributed by atoms with Gasteiger partial charge in [-0.3, -0.25) is 9.52 Å². The first-order valence-electron chi connectivity index (χ1n) is 9.71. The predicted octanol–water partition coefficient (Wildman–Crippen LogP) is 5.92. The van der Waals surface area contributed by atoms with Gasteiger partial charge in [-0.15, -0.1) is 0 Å². The average Bonchev–Trinajstić information content (AvgIpc) is 2.74. The van der Waals surface area contributed by atoms with Crippen molar-refractivity contribution in [3.8, 4) is 0 Å². The van der Waals surface area contributed by atoms with Gasteiger partial charge < -0.3 is 5.32 Å². The molecule has 0 spiro atoms. The Morgan fingerprint density at radius 3 is 2.16 bits per heavy atom. The fraction of sp³-hybridized carbons (Fsp3) is 0.125. The molecule has 0 atom stereocenters. The summed E-state index contributed by atoms with van der Waals surface area (Å²) in [5.74, 6) is 0.0273. The van der Waals surface area contributed by atoms with Crippen molar-refractivity contribution in [3.63, 3.8) is 0 Å². The van der Waals surface area contributed by atoms with Crippen LogP contribution in [0, 0.1) is 0 Å². The molecule has 0 fully saturated rings. The molecule has 0 heterocycles. The molecule has 0 bridgehead atoms. The minimum absolute atomic E-state index is 0.0971. The predicted molar refractivity (Wildman–Crippen MR) is 127 cm³/mol. The Bertz CT molecular complexity index is 1200. The van der Waals surface area contributed by atoms with Crippen LogP contribution in [0.5, 0.6) is 0 Å². The van der Waals surface area contributed by atoms with E-state index in [1.54, 1.807) is 42.5 Å². The van der Waals surface area contributed by atoms with Crippen LogP contribution < -0.4 is 10.0 Å². The number of carbonyl (C=O) groups excluding carboxylic acids is 1. The second-order valence-corrected chi connectivity index (χ2v) is 9.31. The molecular formula is C24H23ClN2O3S. The molecule has 1 amide bonds. The molecule has 3 aromatic carbocycles. The van der Waals surface area contributed by atoms with Gasteiger partial charge in [0.15, 0.2) is 0 Å². The molecule has 31 heavy (non-hydrogen) atoms. The topological polar surface area (TPSA) is 75.3 Å². The zero-order valence-corrected chi connectivity index (χ0v) is 18.7. The summed E-state index contributed by atoms with van der Waals surface area (Å²) in [5, 5.41) is 3.20. The lowest BCUT2D eigenvalue weighted by atomic mass is 10.0. The van der Waals surface area contributed by atoms with Gasteiger partial charge in [-0.2, -0.15) is 0 Å². The van der Waals surface area contributed by atoms with E-state index in [2.05, 4.69) is 23.9 Å². The van der Waals surface area contributed by atoms with E-state index in [1.807, 2.05) is 24.3 Å². The molecule has 0 saturated carbocycles. The Morgan fingerprint density at radius 1 is 0.903 bits per heavy atom. The van der Waals surface area contributed by atoms with Crippen LogP contribution in [0.3, 0.4) is 0 Å². The van der Waals surface area contributed by atoms with Crippen LogP contribution in [0.25, 0.3) is 6.08 Å². The highest BCUT2D eigenvalue weighted by Crippen LogP contribution is 2.25. The zero-order valence-electron chi connectivity index (χ0n) is 17.2. The van der Waals surface area contributed by atoms with E-state index in [9.17, 15) is 13.2 Å². The van der Waals surface area contributed by atoms with Crippen molar-refractivity contribution in [2.24, 2.45) is 0 Å². The van der Waals surface area contributed by atoms with Crippen molar-refractivity contribution in [2.75, 3.05) is 10.0 Å². The maximum atomic E-state index is 12.6. The summed E-state index contributed by atoms with van der Waals surface area (Å²) in [6.45, 7) is 4.13. The average molecular weight is 455 g/mol. The van der Waals surface area contributed by atoms with Gasteiger partial charge in [0.05, 0.1) is 15.6 Å². The van der Waals surface area contributed by atoms with Crippen molar-refractivity contribution in [2.45, 2.75) is 24.7 Å². The third kappa shape index (κ3) is 5.96. The number of amides is 1. The molecule has 0 unspecified atom stereocenters. The van der Waals surface area contributed by atoms with E-state index in [0.717, 1.165) is 11.3 Å². The highest BCUT2D eigenvalue weighted by Gasteiger charge is 2.15. The first-order chi connectivity index (χ1) is 14.8. The van der Waals surface area contributed by atoms with Gasteiger partial charge in [0, 0.05) is 11.8 Å². The first kappa shape index (κ1) is 22.6. The summed E-state index contributed by atoms with van der Waals surface area (Å²) in [6.07, 6.45) is 3.05. The Kier molecular flexibility index (Phi) is 7.15. The monoisotopic (exact) mass is 454 g/mol. The fourth-order valence-electron chi connectivity index (χ4n) is 2.97. The molecule has 0 aliphatic carbocycles. The summed E-state index contributed by atoms with van der Waals surface area (Å²) >= 11 is 6.02. The number of rotatable bonds is 7.